The van der Waals surface area contributed by atoms with Crippen LogP contribution in [0.2, 0.25) is 0 Å². The number of allylic oxidation sites excluding steroid dienone is 1. The fourth-order valence-corrected chi connectivity index (χ4v) is 6.85. The number of carbonyl (C=O) groups excluding carboxylic acids is 4. The molecule has 0 radical (unpaired) electrons. The second kappa shape index (κ2) is 16.2. The number of thioether (sulfide) groups is 1. The molecule has 3 aromatic rings. The van der Waals surface area contributed by atoms with Crippen LogP contribution in [0.4, 0.5) is 0 Å². The molecule has 1 aromatic heterocycles. The van der Waals surface area contributed by atoms with Gasteiger partial charge in [-0.3, -0.25) is 19.2 Å². The highest BCUT2D eigenvalue weighted by Crippen LogP contribution is 2.42. The first kappa shape index (κ1) is 36.3. The van der Waals surface area contributed by atoms with Gasteiger partial charge in [0.05, 0.1) is 25.6 Å². The summed E-state index contributed by atoms with van der Waals surface area (Å²) in [4.78, 5) is 58.6. The molecule has 5 atom stereocenters. The summed E-state index contributed by atoms with van der Waals surface area (Å²) in [6.07, 6.45) is -1.47. The van der Waals surface area contributed by atoms with Crippen LogP contribution < -0.4 is 9.47 Å². The molecule has 1 saturated heterocycles. The molecule has 0 spiro atoms. The van der Waals surface area contributed by atoms with Crippen molar-refractivity contribution in [3.05, 3.63) is 65.4 Å². The van der Waals surface area contributed by atoms with Crippen molar-refractivity contribution in [1.82, 2.24) is 9.97 Å². The van der Waals surface area contributed by atoms with Gasteiger partial charge in [-0.1, -0.05) is 23.9 Å². The zero-order valence-corrected chi connectivity index (χ0v) is 29.3. The number of hydrogen-bond donors (Lipinski definition) is 0. The third kappa shape index (κ3) is 8.79. The van der Waals surface area contributed by atoms with Gasteiger partial charge in [-0.05, 0) is 66.5 Å². The largest absolute Gasteiger partial charge is 0.497 e. The molecule has 14 heteroatoms. The Labute approximate surface area is 293 Å². The summed E-state index contributed by atoms with van der Waals surface area (Å²) in [5, 5.41) is 0.276. The zero-order valence-electron chi connectivity index (χ0n) is 28.5. The average Bonchev–Trinajstić information content (AvgIpc) is 3.48. The van der Waals surface area contributed by atoms with Gasteiger partial charge in [0.2, 0.25) is 0 Å². The van der Waals surface area contributed by atoms with Crippen LogP contribution >= 0.6 is 11.8 Å². The third-order valence-electron chi connectivity index (χ3n) is 7.93. The van der Waals surface area contributed by atoms with Gasteiger partial charge in [-0.25, -0.2) is 9.97 Å². The standard InChI is InChI=1S/C36H38N2O11S/c1-19(39)45-18-29-32(46-20(2)40)33(47-21(3)41)34(48-22(4)42)35(49-29)50-36-37-30(24-9-14-27(44-6)15-10-24)28-16-11-25(31(28)38-36)17-23-7-12-26(43-5)13-8-23/h7-10,12-15,17,29,32-35H,11,16,18H2,1-6H3/b25-17+/t29-,32+,33+,34-,35+/m1/s1. The number of hydrogen-bond acceptors (Lipinski definition) is 14. The molecule has 50 heavy (non-hydrogen) atoms. The molecule has 0 N–H and O–H groups in total. The van der Waals surface area contributed by atoms with E-state index in [9.17, 15) is 19.2 Å². The Morgan fingerprint density at radius 3 is 1.88 bits per heavy atom. The molecule has 1 aliphatic heterocycles. The summed E-state index contributed by atoms with van der Waals surface area (Å²) in [6.45, 7) is 4.42. The summed E-state index contributed by atoms with van der Waals surface area (Å²) in [6, 6.07) is 15.2. The van der Waals surface area contributed by atoms with Gasteiger partial charge in [0, 0.05) is 38.8 Å². The number of fused-ring (bicyclic) bond motifs is 1. The van der Waals surface area contributed by atoms with E-state index in [0.29, 0.717) is 24.3 Å². The quantitative estimate of drug-likeness (QED) is 0.152. The maximum Gasteiger partial charge on any atom is 0.303 e. The van der Waals surface area contributed by atoms with Gasteiger partial charge >= 0.3 is 23.9 Å². The smallest absolute Gasteiger partial charge is 0.303 e. The highest BCUT2D eigenvalue weighted by atomic mass is 32.2. The number of aromatic nitrogens is 2. The number of rotatable bonds is 11. The fourth-order valence-electron chi connectivity index (χ4n) is 5.81. The van der Waals surface area contributed by atoms with Crippen molar-refractivity contribution in [2.75, 3.05) is 20.8 Å². The summed E-state index contributed by atoms with van der Waals surface area (Å²) in [5.41, 5.74) is 4.10. The molecule has 0 bridgehead atoms. The minimum absolute atomic E-state index is 0.276. The molecule has 0 unspecified atom stereocenters. The Kier molecular flexibility index (Phi) is 11.8. The van der Waals surface area contributed by atoms with E-state index in [1.807, 2.05) is 48.5 Å². The van der Waals surface area contributed by atoms with Crippen LogP contribution in [0.5, 0.6) is 11.5 Å². The summed E-state index contributed by atoms with van der Waals surface area (Å²) in [5.74, 6) is -1.30. The van der Waals surface area contributed by atoms with E-state index in [-0.39, 0.29) is 11.8 Å². The molecule has 13 nitrogen and oxygen atoms in total. The van der Waals surface area contributed by atoms with Crippen molar-refractivity contribution in [2.45, 2.75) is 75.5 Å². The van der Waals surface area contributed by atoms with E-state index in [4.69, 9.17) is 43.1 Å². The normalized spacial score (nSPS) is 21.9. The number of nitrogens with zero attached hydrogens (tertiary/aromatic N) is 2. The summed E-state index contributed by atoms with van der Waals surface area (Å²) in [7, 11) is 3.21. The van der Waals surface area contributed by atoms with Crippen LogP contribution in [0.3, 0.4) is 0 Å². The van der Waals surface area contributed by atoms with Crippen molar-refractivity contribution >= 4 is 47.3 Å². The fraction of sp³-hybridized carbons (Fsp3) is 0.389. The number of methoxy groups -OCH3 is 2. The van der Waals surface area contributed by atoms with E-state index in [1.54, 1.807) is 14.2 Å². The van der Waals surface area contributed by atoms with Crippen LogP contribution in [0.1, 0.15) is 50.9 Å². The molecule has 1 aliphatic carbocycles. The predicted molar refractivity (Wildman–Crippen MR) is 181 cm³/mol. The topological polar surface area (TPSA) is 159 Å². The molecule has 2 aliphatic rings. The lowest BCUT2D eigenvalue weighted by atomic mass is 9.99. The Bertz CT molecular complexity index is 1760. The van der Waals surface area contributed by atoms with Crippen LogP contribution in [-0.4, -0.2) is 84.5 Å². The molecule has 5 rings (SSSR count). The molecule has 2 heterocycles. The van der Waals surface area contributed by atoms with Crippen molar-refractivity contribution in [1.29, 1.82) is 0 Å². The predicted octanol–water partition coefficient (Wildman–Crippen LogP) is 4.82. The molecular formula is C36H38N2O11S. The minimum Gasteiger partial charge on any atom is -0.497 e. The third-order valence-corrected chi connectivity index (χ3v) is 8.93. The first-order valence-electron chi connectivity index (χ1n) is 15.8. The summed E-state index contributed by atoms with van der Waals surface area (Å²) < 4.78 is 39.1. The number of esters is 4. The lowest BCUT2D eigenvalue weighted by Crippen LogP contribution is -2.61. The van der Waals surface area contributed by atoms with Crippen molar-refractivity contribution in [3.8, 4) is 22.8 Å². The van der Waals surface area contributed by atoms with Crippen molar-refractivity contribution < 1.29 is 52.3 Å². The Balaban J connectivity index is 1.60. The van der Waals surface area contributed by atoms with E-state index >= 15 is 0 Å². The first-order chi connectivity index (χ1) is 23.9. The van der Waals surface area contributed by atoms with E-state index in [2.05, 4.69) is 6.08 Å². The SMILES string of the molecule is COc1ccc(/C=C2\CCc3c2nc(S[C@@H]2O[C@H](COC(C)=O)[C@H](OC(C)=O)[C@H](OC(C)=O)[C@H]2OC(C)=O)nc3-c2ccc(OC)cc2)cc1. The molecular weight excluding hydrogens is 668 g/mol. The van der Waals surface area contributed by atoms with Crippen LogP contribution in [0.25, 0.3) is 22.9 Å². The van der Waals surface area contributed by atoms with Crippen LogP contribution in [-0.2, 0) is 49.3 Å². The summed E-state index contributed by atoms with van der Waals surface area (Å²) >= 11 is 1.04. The minimum atomic E-state index is -1.31. The van der Waals surface area contributed by atoms with Gasteiger partial charge in [0.1, 0.15) is 24.2 Å². The molecule has 2 aromatic carbocycles. The maximum atomic E-state index is 12.4. The Morgan fingerprint density at radius 2 is 1.30 bits per heavy atom. The van der Waals surface area contributed by atoms with Gasteiger partial charge in [-0.15, -0.1) is 0 Å². The van der Waals surface area contributed by atoms with Crippen LogP contribution in [0, 0.1) is 0 Å². The number of ether oxygens (including phenoxy) is 7. The second-order valence-corrected chi connectivity index (χ2v) is 12.6. The molecule has 1 fully saturated rings. The van der Waals surface area contributed by atoms with E-state index in [1.165, 1.54) is 27.7 Å². The monoisotopic (exact) mass is 706 g/mol. The lowest BCUT2D eigenvalue weighted by Gasteiger charge is -2.43. The van der Waals surface area contributed by atoms with Crippen molar-refractivity contribution in [3.63, 3.8) is 0 Å². The first-order valence-corrected chi connectivity index (χ1v) is 16.7. The lowest BCUT2D eigenvalue weighted by molar-refractivity contribution is -0.237. The highest BCUT2D eigenvalue weighted by Gasteiger charge is 2.53. The average molecular weight is 707 g/mol. The molecule has 0 saturated carbocycles. The molecule has 264 valence electrons. The van der Waals surface area contributed by atoms with E-state index < -0.39 is 53.7 Å². The van der Waals surface area contributed by atoms with Crippen molar-refractivity contribution in [2.24, 2.45) is 0 Å². The van der Waals surface area contributed by atoms with Gasteiger partial charge < -0.3 is 33.2 Å². The Hall–Kier alpha value is -4.95. The highest BCUT2D eigenvalue weighted by molar-refractivity contribution is 7.99. The van der Waals surface area contributed by atoms with Crippen LogP contribution in [0.15, 0.2) is 53.7 Å². The maximum absolute atomic E-state index is 12.4. The zero-order chi connectivity index (χ0) is 35.9. The Morgan fingerprint density at radius 1 is 0.740 bits per heavy atom. The molecule has 0 amide bonds. The van der Waals surface area contributed by atoms with Gasteiger partial charge in [0.25, 0.3) is 0 Å². The number of benzene rings is 2. The number of carbonyl (C=O) groups is 4. The van der Waals surface area contributed by atoms with E-state index in [0.717, 1.165) is 45.5 Å². The van der Waals surface area contributed by atoms with Gasteiger partial charge in [-0.2, -0.15) is 0 Å². The second-order valence-electron chi connectivity index (χ2n) is 11.5. The van der Waals surface area contributed by atoms with Gasteiger partial charge in [0.15, 0.2) is 28.9 Å².